The average molecular weight is 331 g/mol. The van der Waals surface area contributed by atoms with Gasteiger partial charge in [0.05, 0.1) is 32.0 Å². The van der Waals surface area contributed by atoms with Gasteiger partial charge in [0.15, 0.2) is 0 Å². The molecule has 0 bridgehead atoms. The second-order valence-electron chi connectivity index (χ2n) is 4.71. The summed E-state index contributed by atoms with van der Waals surface area (Å²) in [6.45, 7) is 2.63. The minimum atomic E-state index is -3.56. The van der Waals surface area contributed by atoms with Gasteiger partial charge in [0.25, 0.3) is 0 Å². The van der Waals surface area contributed by atoms with Gasteiger partial charge in [0.1, 0.15) is 5.75 Å². The van der Waals surface area contributed by atoms with Gasteiger partial charge in [0.2, 0.25) is 5.91 Å². The molecule has 1 rings (SSSR count). The summed E-state index contributed by atoms with van der Waals surface area (Å²) >= 11 is 0. The van der Waals surface area contributed by atoms with Crippen LogP contribution in [-0.4, -0.2) is 52.1 Å². The van der Waals surface area contributed by atoms with Crippen LogP contribution < -0.4 is 9.50 Å². The van der Waals surface area contributed by atoms with Gasteiger partial charge in [-0.2, -0.15) is 8.42 Å². The van der Waals surface area contributed by atoms with Gasteiger partial charge in [0, 0.05) is 6.54 Å². The van der Waals surface area contributed by atoms with Gasteiger partial charge in [-0.15, -0.1) is 0 Å². The van der Waals surface area contributed by atoms with E-state index in [2.05, 4.69) is 5.32 Å². The number of nitrogens with one attached hydrogen (secondary N) is 1. The second kappa shape index (κ2) is 8.72. The molecule has 2 N–H and O–H groups in total. The molecule has 0 saturated heterocycles. The standard InChI is InChI=1S/C14H21NO6S/c1-11(14(17)15-7-9-20-10-8-16)12-3-5-13(6-4-12)21-22(2,18)19/h3-6,11,16H,7-10H2,1-2H3,(H,15,17)/t11-/m1/s1. The SMILES string of the molecule is C[C@@H](C(=O)NCCOCCO)c1ccc(OS(C)(=O)=O)cc1. The summed E-state index contributed by atoms with van der Waals surface area (Å²) < 4.78 is 31.8. The molecule has 1 aromatic carbocycles. The number of benzene rings is 1. The third kappa shape index (κ3) is 6.88. The molecule has 0 aliphatic rings. The van der Waals surface area contributed by atoms with Crippen LogP contribution in [0.4, 0.5) is 0 Å². The Labute approximate surface area is 130 Å². The Morgan fingerprint density at radius 1 is 1.27 bits per heavy atom. The van der Waals surface area contributed by atoms with Crippen LogP contribution in [0.1, 0.15) is 18.4 Å². The van der Waals surface area contributed by atoms with Crippen LogP contribution in [0.15, 0.2) is 24.3 Å². The molecule has 0 aliphatic heterocycles. The molecule has 7 nitrogen and oxygen atoms in total. The third-order valence-electron chi connectivity index (χ3n) is 2.80. The third-order valence-corrected chi connectivity index (χ3v) is 3.30. The lowest BCUT2D eigenvalue weighted by molar-refractivity contribution is -0.122. The van der Waals surface area contributed by atoms with Crippen LogP contribution in [0.25, 0.3) is 0 Å². The van der Waals surface area contributed by atoms with Crippen molar-refractivity contribution in [2.45, 2.75) is 12.8 Å². The topological polar surface area (TPSA) is 102 Å². The number of rotatable bonds is 9. The van der Waals surface area contributed by atoms with E-state index in [0.29, 0.717) is 13.2 Å². The first-order valence-corrected chi connectivity index (χ1v) is 8.61. The Bertz CT molecular complexity index is 570. The fourth-order valence-electron chi connectivity index (χ4n) is 1.70. The number of carbonyl (C=O) groups excluding carboxylic acids is 1. The molecule has 0 radical (unpaired) electrons. The fourth-order valence-corrected chi connectivity index (χ4v) is 2.17. The van der Waals surface area contributed by atoms with Gasteiger partial charge in [-0.25, -0.2) is 0 Å². The molecule has 0 spiro atoms. The van der Waals surface area contributed by atoms with Crippen LogP contribution in [-0.2, 0) is 19.6 Å². The first-order valence-electron chi connectivity index (χ1n) is 6.79. The normalized spacial score (nSPS) is 12.7. The maximum atomic E-state index is 11.9. The van der Waals surface area contributed by atoms with Crippen molar-refractivity contribution < 1.29 is 27.2 Å². The Morgan fingerprint density at radius 3 is 2.45 bits per heavy atom. The summed E-state index contributed by atoms with van der Waals surface area (Å²) in [5.41, 5.74) is 0.745. The lowest BCUT2D eigenvalue weighted by atomic mass is 10.0. The predicted octanol–water partition coefficient (Wildman–Crippen LogP) is 0.254. The summed E-state index contributed by atoms with van der Waals surface area (Å²) in [6, 6.07) is 6.30. The van der Waals surface area contributed by atoms with Crippen molar-refractivity contribution in [2.75, 3.05) is 32.6 Å². The summed E-state index contributed by atoms with van der Waals surface area (Å²) in [4.78, 5) is 11.9. The van der Waals surface area contributed by atoms with Crippen LogP contribution in [0, 0.1) is 0 Å². The maximum Gasteiger partial charge on any atom is 0.306 e. The number of carbonyl (C=O) groups is 1. The van der Waals surface area contributed by atoms with Crippen molar-refractivity contribution in [3.8, 4) is 5.75 Å². The van der Waals surface area contributed by atoms with Gasteiger partial charge >= 0.3 is 10.1 Å². The smallest absolute Gasteiger partial charge is 0.306 e. The molecule has 1 atom stereocenters. The summed E-state index contributed by atoms with van der Waals surface area (Å²) in [7, 11) is -3.56. The minimum absolute atomic E-state index is 0.0494. The van der Waals surface area contributed by atoms with E-state index in [1.54, 1.807) is 19.1 Å². The highest BCUT2D eigenvalue weighted by atomic mass is 32.2. The molecule has 0 fully saturated rings. The Morgan fingerprint density at radius 2 is 1.91 bits per heavy atom. The van der Waals surface area contributed by atoms with Gasteiger partial charge in [-0.05, 0) is 24.6 Å². The van der Waals surface area contributed by atoms with Crippen LogP contribution >= 0.6 is 0 Å². The first-order chi connectivity index (χ1) is 10.3. The number of hydrogen-bond acceptors (Lipinski definition) is 6. The highest BCUT2D eigenvalue weighted by Crippen LogP contribution is 2.20. The molecule has 8 heteroatoms. The van der Waals surface area contributed by atoms with Gasteiger partial charge in [-0.3, -0.25) is 4.79 Å². The highest BCUT2D eigenvalue weighted by Gasteiger charge is 2.15. The van der Waals surface area contributed by atoms with Crippen LogP contribution in [0.5, 0.6) is 5.75 Å². The van der Waals surface area contributed by atoms with E-state index in [1.165, 1.54) is 12.1 Å². The molecule has 1 aromatic rings. The van der Waals surface area contributed by atoms with Crippen molar-refractivity contribution in [3.05, 3.63) is 29.8 Å². The van der Waals surface area contributed by atoms with Crippen molar-refractivity contribution in [1.82, 2.24) is 5.32 Å². The summed E-state index contributed by atoms with van der Waals surface area (Å²) in [5.74, 6) is -0.342. The molecule has 0 heterocycles. The second-order valence-corrected chi connectivity index (χ2v) is 6.28. The van der Waals surface area contributed by atoms with E-state index in [0.717, 1.165) is 11.8 Å². The molecular formula is C14H21NO6S. The Balaban J connectivity index is 2.50. The first kappa shape index (κ1) is 18.4. The molecule has 0 aromatic heterocycles. The quantitative estimate of drug-likeness (QED) is 0.497. The monoisotopic (exact) mass is 331 g/mol. The zero-order valence-corrected chi connectivity index (χ0v) is 13.4. The van der Waals surface area contributed by atoms with Gasteiger partial charge in [-0.1, -0.05) is 12.1 Å². The molecule has 22 heavy (non-hydrogen) atoms. The largest absolute Gasteiger partial charge is 0.394 e. The van der Waals surface area contributed by atoms with E-state index in [9.17, 15) is 13.2 Å². The van der Waals surface area contributed by atoms with Crippen molar-refractivity contribution in [3.63, 3.8) is 0 Å². The molecule has 0 aliphatic carbocycles. The molecule has 0 saturated carbocycles. The number of aliphatic hydroxyl groups excluding tert-OH is 1. The molecule has 0 unspecified atom stereocenters. The lowest BCUT2D eigenvalue weighted by Crippen LogP contribution is -2.31. The molecular weight excluding hydrogens is 310 g/mol. The minimum Gasteiger partial charge on any atom is -0.394 e. The molecule has 1 amide bonds. The van der Waals surface area contributed by atoms with Crippen LogP contribution in [0.2, 0.25) is 0 Å². The van der Waals surface area contributed by atoms with E-state index >= 15 is 0 Å². The number of ether oxygens (including phenoxy) is 1. The zero-order valence-electron chi connectivity index (χ0n) is 12.6. The lowest BCUT2D eigenvalue weighted by Gasteiger charge is -2.13. The van der Waals surface area contributed by atoms with Crippen molar-refractivity contribution in [2.24, 2.45) is 0 Å². The van der Waals surface area contributed by atoms with Crippen LogP contribution in [0.3, 0.4) is 0 Å². The van der Waals surface area contributed by atoms with E-state index in [1.807, 2.05) is 0 Å². The van der Waals surface area contributed by atoms with Gasteiger partial charge < -0.3 is 19.3 Å². The van der Waals surface area contributed by atoms with Crippen molar-refractivity contribution >= 4 is 16.0 Å². The zero-order chi connectivity index (χ0) is 16.6. The van der Waals surface area contributed by atoms with E-state index in [4.69, 9.17) is 14.0 Å². The molecule has 124 valence electrons. The Hall–Kier alpha value is -1.64. The van der Waals surface area contributed by atoms with Crippen molar-refractivity contribution in [1.29, 1.82) is 0 Å². The summed E-state index contributed by atoms with van der Waals surface area (Å²) in [6.07, 6.45) is 0.968. The van der Waals surface area contributed by atoms with E-state index < -0.39 is 10.1 Å². The number of aliphatic hydroxyl groups is 1. The fraction of sp³-hybridized carbons (Fsp3) is 0.500. The Kier molecular flexibility index (Phi) is 7.30. The summed E-state index contributed by atoms with van der Waals surface area (Å²) in [5, 5.41) is 11.3. The number of amides is 1. The average Bonchev–Trinajstić information content (AvgIpc) is 2.45. The predicted molar refractivity (Wildman–Crippen MR) is 81.2 cm³/mol. The number of hydrogen-bond donors (Lipinski definition) is 2. The highest BCUT2D eigenvalue weighted by molar-refractivity contribution is 7.86. The maximum absolute atomic E-state index is 11.9. The van der Waals surface area contributed by atoms with E-state index in [-0.39, 0.29) is 30.8 Å².